The van der Waals surface area contributed by atoms with E-state index in [-0.39, 0.29) is 16.0 Å². The van der Waals surface area contributed by atoms with Crippen LogP contribution >= 0.6 is 0 Å². The van der Waals surface area contributed by atoms with Crippen LogP contribution < -0.4 is 5.32 Å². The third-order valence-corrected chi connectivity index (χ3v) is 4.41. The first-order valence-corrected chi connectivity index (χ1v) is 8.71. The van der Waals surface area contributed by atoms with Gasteiger partial charge in [0.1, 0.15) is 0 Å². The van der Waals surface area contributed by atoms with E-state index in [1.807, 2.05) is 5.32 Å². The molecule has 0 fully saturated rings. The molecule has 128 valence electrons. The molecular formula is C16H14F3NO3S. The van der Waals surface area contributed by atoms with E-state index >= 15 is 0 Å². The lowest BCUT2D eigenvalue weighted by atomic mass is 10.1. The zero-order chi connectivity index (χ0) is 18.0. The summed E-state index contributed by atoms with van der Waals surface area (Å²) >= 11 is 0. The van der Waals surface area contributed by atoms with Crippen molar-refractivity contribution in [3.05, 3.63) is 65.7 Å². The molecule has 0 bridgehead atoms. The minimum absolute atomic E-state index is 0.0190. The van der Waals surface area contributed by atoms with Gasteiger partial charge in [-0.3, -0.25) is 4.79 Å². The molecule has 1 amide bonds. The molecule has 0 aliphatic heterocycles. The predicted octanol–water partition coefficient (Wildman–Crippen LogP) is 3.12. The average molecular weight is 357 g/mol. The summed E-state index contributed by atoms with van der Waals surface area (Å²) in [5.74, 6) is -0.943. The number of carbonyl (C=O) groups is 1. The molecule has 24 heavy (non-hydrogen) atoms. The van der Waals surface area contributed by atoms with Crippen LogP contribution in [-0.4, -0.2) is 26.8 Å². The SMILES string of the molecule is CS(=O)(=O)c1ccc(C(=O)N[C@H](c2ccccc2)C(F)(F)F)cc1. The quantitative estimate of drug-likeness (QED) is 0.914. The lowest BCUT2D eigenvalue weighted by Gasteiger charge is -2.22. The number of alkyl halides is 3. The third-order valence-electron chi connectivity index (χ3n) is 3.28. The number of sulfone groups is 1. The fourth-order valence-electron chi connectivity index (χ4n) is 2.07. The molecule has 2 rings (SSSR count). The van der Waals surface area contributed by atoms with Gasteiger partial charge in [0.15, 0.2) is 15.9 Å². The highest BCUT2D eigenvalue weighted by Crippen LogP contribution is 2.32. The number of carbonyl (C=O) groups excluding carboxylic acids is 1. The topological polar surface area (TPSA) is 63.2 Å². The van der Waals surface area contributed by atoms with E-state index < -0.39 is 28.0 Å². The van der Waals surface area contributed by atoms with Crippen molar-refractivity contribution in [3.63, 3.8) is 0 Å². The Morgan fingerprint density at radius 2 is 1.54 bits per heavy atom. The zero-order valence-corrected chi connectivity index (χ0v) is 13.4. The van der Waals surface area contributed by atoms with Gasteiger partial charge in [-0.05, 0) is 29.8 Å². The summed E-state index contributed by atoms with van der Waals surface area (Å²) in [4.78, 5) is 12.1. The first-order chi connectivity index (χ1) is 11.1. The first-order valence-electron chi connectivity index (χ1n) is 6.81. The van der Waals surface area contributed by atoms with Gasteiger partial charge >= 0.3 is 6.18 Å². The smallest absolute Gasteiger partial charge is 0.337 e. The van der Waals surface area contributed by atoms with Crippen LogP contribution in [0.5, 0.6) is 0 Å². The molecule has 4 nitrogen and oxygen atoms in total. The van der Waals surface area contributed by atoms with Gasteiger partial charge in [0, 0.05) is 11.8 Å². The molecule has 0 aliphatic carbocycles. The molecular weight excluding hydrogens is 343 g/mol. The molecule has 0 radical (unpaired) electrons. The molecule has 0 heterocycles. The van der Waals surface area contributed by atoms with Crippen LogP contribution in [0.15, 0.2) is 59.5 Å². The van der Waals surface area contributed by atoms with Gasteiger partial charge in [-0.2, -0.15) is 13.2 Å². The summed E-state index contributed by atoms with van der Waals surface area (Å²) in [6.07, 6.45) is -3.67. The van der Waals surface area contributed by atoms with Crippen molar-refractivity contribution < 1.29 is 26.4 Å². The van der Waals surface area contributed by atoms with Gasteiger partial charge < -0.3 is 5.32 Å². The van der Waals surface area contributed by atoms with Gasteiger partial charge in [-0.25, -0.2) is 8.42 Å². The summed E-state index contributed by atoms with van der Waals surface area (Å²) in [6.45, 7) is 0. The number of rotatable bonds is 4. The average Bonchev–Trinajstić information content (AvgIpc) is 2.51. The van der Waals surface area contributed by atoms with Crippen molar-refractivity contribution >= 4 is 15.7 Å². The van der Waals surface area contributed by atoms with Crippen LogP contribution in [0, 0.1) is 0 Å². The molecule has 2 aromatic rings. The maximum Gasteiger partial charge on any atom is 0.412 e. The Morgan fingerprint density at radius 3 is 2.00 bits per heavy atom. The summed E-state index contributed by atoms with van der Waals surface area (Å²) in [7, 11) is -3.45. The van der Waals surface area contributed by atoms with E-state index in [4.69, 9.17) is 0 Å². The van der Waals surface area contributed by atoms with Crippen LogP contribution in [0.25, 0.3) is 0 Å². The lowest BCUT2D eigenvalue weighted by Crippen LogP contribution is -2.38. The van der Waals surface area contributed by atoms with Gasteiger partial charge in [0.05, 0.1) is 4.90 Å². The fourth-order valence-corrected chi connectivity index (χ4v) is 2.70. The van der Waals surface area contributed by atoms with Crippen molar-refractivity contribution in [2.75, 3.05) is 6.26 Å². The van der Waals surface area contributed by atoms with E-state index in [1.165, 1.54) is 48.5 Å². The molecule has 0 saturated carbocycles. The van der Waals surface area contributed by atoms with Crippen molar-refractivity contribution in [2.24, 2.45) is 0 Å². The molecule has 1 atom stereocenters. The summed E-state index contributed by atoms with van der Waals surface area (Å²) in [5.41, 5.74) is -0.154. The Hall–Kier alpha value is -2.35. The molecule has 0 unspecified atom stereocenters. The Kier molecular flexibility index (Phi) is 4.98. The van der Waals surface area contributed by atoms with E-state index in [9.17, 15) is 26.4 Å². The molecule has 0 aliphatic rings. The lowest BCUT2D eigenvalue weighted by molar-refractivity contribution is -0.155. The predicted molar refractivity (Wildman–Crippen MR) is 82.3 cm³/mol. The van der Waals surface area contributed by atoms with Gasteiger partial charge in [0.25, 0.3) is 5.91 Å². The second-order valence-corrected chi connectivity index (χ2v) is 7.17. The largest absolute Gasteiger partial charge is 0.412 e. The van der Waals surface area contributed by atoms with Crippen molar-refractivity contribution in [1.29, 1.82) is 0 Å². The van der Waals surface area contributed by atoms with E-state index in [0.29, 0.717) is 0 Å². The second kappa shape index (κ2) is 6.64. The zero-order valence-electron chi connectivity index (χ0n) is 12.5. The Balaban J connectivity index is 2.25. The first kappa shape index (κ1) is 18.0. The molecule has 0 aromatic heterocycles. The third kappa shape index (κ3) is 4.35. The highest BCUT2D eigenvalue weighted by atomic mass is 32.2. The number of benzene rings is 2. The summed E-state index contributed by atoms with van der Waals surface area (Å²) in [5, 5.41) is 1.93. The van der Waals surface area contributed by atoms with Crippen LogP contribution in [0.3, 0.4) is 0 Å². The molecule has 0 spiro atoms. The van der Waals surface area contributed by atoms with Gasteiger partial charge in [-0.1, -0.05) is 30.3 Å². The minimum Gasteiger partial charge on any atom is -0.337 e. The number of amides is 1. The van der Waals surface area contributed by atoms with Gasteiger partial charge in [0.2, 0.25) is 0 Å². The Labute approximate surface area is 137 Å². The normalized spacial score (nSPS) is 13.3. The Bertz CT molecular complexity index is 816. The van der Waals surface area contributed by atoms with Gasteiger partial charge in [-0.15, -0.1) is 0 Å². The molecule has 8 heteroatoms. The van der Waals surface area contributed by atoms with Crippen molar-refractivity contribution in [3.8, 4) is 0 Å². The van der Waals surface area contributed by atoms with E-state index in [2.05, 4.69) is 0 Å². The standard InChI is InChI=1S/C16H14F3NO3S/c1-24(22,23)13-9-7-12(8-10-13)15(21)20-14(16(17,18)19)11-5-3-2-4-6-11/h2-10,14H,1H3,(H,20,21)/t14-/m1/s1. The van der Waals surface area contributed by atoms with Crippen molar-refractivity contribution in [2.45, 2.75) is 17.1 Å². The molecule has 1 N–H and O–H groups in total. The monoisotopic (exact) mass is 357 g/mol. The highest BCUT2D eigenvalue weighted by molar-refractivity contribution is 7.90. The van der Waals surface area contributed by atoms with E-state index in [0.717, 1.165) is 6.26 Å². The maximum atomic E-state index is 13.2. The van der Waals surface area contributed by atoms with Crippen LogP contribution in [-0.2, 0) is 9.84 Å². The van der Waals surface area contributed by atoms with Crippen LogP contribution in [0.4, 0.5) is 13.2 Å². The number of halogens is 3. The fraction of sp³-hybridized carbons (Fsp3) is 0.188. The number of nitrogens with one attached hydrogen (secondary N) is 1. The summed E-state index contributed by atoms with van der Waals surface area (Å²) < 4.78 is 62.3. The summed E-state index contributed by atoms with van der Waals surface area (Å²) in [6, 6.07) is 9.54. The Morgan fingerprint density at radius 1 is 1.00 bits per heavy atom. The molecule has 0 saturated heterocycles. The van der Waals surface area contributed by atoms with Crippen molar-refractivity contribution in [1.82, 2.24) is 5.32 Å². The highest BCUT2D eigenvalue weighted by Gasteiger charge is 2.41. The number of hydrogen-bond donors (Lipinski definition) is 1. The maximum absolute atomic E-state index is 13.2. The van der Waals surface area contributed by atoms with E-state index in [1.54, 1.807) is 6.07 Å². The minimum atomic E-state index is -4.66. The van der Waals surface area contributed by atoms with Crippen LogP contribution in [0.2, 0.25) is 0 Å². The van der Waals surface area contributed by atoms with Crippen LogP contribution in [0.1, 0.15) is 22.0 Å². The second-order valence-electron chi connectivity index (χ2n) is 5.16. The number of hydrogen-bond acceptors (Lipinski definition) is 3. The molecule has 2 aromatic carbocycles.